The van der Waals surface area contributed by atoms with Crippen LogP contribution < -0.4 is 14.8 Å². The summed E-state index contributed by atoms with van der Waals surface area (Å²) in [5, 5.41) is 7.68. The summed E-state index contributed by atoms with van der Waals surface area (Å²) in [7, 11) is 0. The molecule has 0 bridgehead atoms. The fourth-order valence-corrected chi connectivity index (χ4v) is 4.43. The molecular formula is C23H24ClN5O3. The largest absolute Gasteiger partial charge is 0.490 e. The minimum Gasteiger partial charge on any atom is -0.490 e. The molecule has 0 radical (unpaired) electrons. The number of benzene rings is 2. The van der Waals surface area contributed by atoms with Gasteiger partial charge in [-0.25, -0.2) is 9.67 Å². The average molecular weight is 454 g/mol. The fourth-order valence-electron chi connectivity index (χ4n) is 4.26. The molecule has 0 fully saturated rings. The lowest BCUT2D eigenvalue weighted by atomic mass is 9.93. The van der Waals surface area contributed by atoms with Gasteiger partial charge >= 0.3 is 0 Å². The first-order valence-corrected chi connectivity index (χ1v) is 11.1. The van der Waals surface area contributed by atoms with E-state index in [4.69, 9.17) is 21.1 Å². The maximum absolute atomic E-state index is 13.0. The summed E-state index contributed by atoms with van der Waals surface area (Å²) < 4.78 is 13.3. The molecule has 1 amide bonds. The van der Waals surface area contributed by atoms with Crippen molar-refractivity contribution in [2.75, 3.05) is 31.6 Å². The van der Waals surface area contributed by atoms with Crippen molar-refractivity contribution in [3.8, 4) is 17.2 Å². The van der Waals surface area contributed by atoms with Gasteiger partial charge in [-0.3, -0.25) is 9.69 Å². The van der Waals surface area contributed by atoms with Crippen LogP contribution in [0.2, 0.25) is 5.02 Å². The maximum Gasteiger partial charge on any atom is 0.238 e. The number of fused-ring (bicyclic) bond motifs is 2. The standard InChI is InChI=1S/C23H24ClN5O3/c1-15-18-11-22-21(31-7-2-8-32-22)9-16(18)5-6-28(15)12-23(30)27-19-10-17(24)3-4-20(19)29-14-25-13-26-29/h3-4,9-11,13-15H,2,5-8,12H2,1H3,(H,27,30)/t15-/m0/s1. The van der Waals surface area contributed by atoms with E-state index in [9.17, 15) is 4.79 Å². The molecule has 3 aromatic rings. The number of hydrogen-bond donors (Lipinski definition) is 1. The summed E-state index contributed by atoms with van der Waals surface area (Å²) in [5.41, 5.74) is 3.73. The molecule has 0 aliphatic carbocycles. The zero-order valence-electron chi connectivity index (χ0n) is 17.8. The predicted octanol–water partition coefficient (Wildman–Crippen LogP) is 3.64. The number of rotatable bonds is 4. The van der Waals surface area contributed by atoms with E-state index in [0.29, 0.717) is 29.6 Å². The predicted molar refractivity (Wildman–Crippen MR) is 121 cm³/mol. The highest BCUT2D eigenvalue weighted by atomic mass is 35.5. The third-order valence-corrected chi connectivity index (χ3v) is 6.16. The molecule has 5 rings (SSSR count). The number of ether oxygens (including phenoxy) is 2. The van der Waals surface area contributed by atoms with Gasteiger partial charge in [0.2, 0.25) is 5.91 Å². The number of anilines is 1. The summed E-state index contributed by atoms with van der Waals surface area (Å²) in [4.78, 5) is 19.1. The van der Waals surface area contributed by atoms with Crippen molar-refractivity contribution in [1.82, 2.24) is 19.7 Å². The quantitative estimate of drug-likeness (QED) is 0.649. The Morgan fingerprint density at radius 3 is 2.81 bits per heavy atom. The lowest BCUT2D eigenvalue weighted by Crippen LogP contribution is -2.39. The highest BCUT2D eigenvalue weighted by Gasteiger charge is 2.28. The second kappa shape index (κ2) is 8.80. The van der Waals surface area contributed by atoms with E-state index >= 15 is 0 Å². The van der Waals surface area contributed by atoms with E-state index in [1.165, 1.54) is 17.5 Å². The lowest BCUT2D eigenvalue weighted by molar-refractivity contribution is -0.117. The first kappa shape index (κ1) is 20.8. The van der Waals surface area contributed by atoms with Gasteiger partial charge in [0, 0.05) is 24.0 Å². The summed E-state index contributed by atoms with van der Waals surface area (Å²) in [6, 6.07) is 9.53. The van der Waals surface area contributed by atoms with Crippen LogP contribution in [0.1, 0.15) is 30.5 Å². The van der Waals surface area contributed by atoms with Crippen LogP contribution in [0.3, 0.4) is 0 Å². The summed E-state index contributed by atoms with van der Waals surface area (Å²) in [5.74, 6) is 1.50. The van der Waals surface area contributed by atoms with Gasteiger partial charge in [0.05, 0.1) is 31.1 Å². The highest BCUT2D eigenvalue weighted by molar-refractivity contribution is 6.31. The van der Waals surface area contributed by atoms with Crippen molar-refractivity contribution in [2.24, 2.45) is 0 Å². The molecule has 9 heteroatoms. The Balaban J connectivity index is 1.32. The van der Waals surface area contributed by atoms with Gasteiger partial charge < -0.3 is 14.8 Å². The van der Waals surface area contributed by atoms with Crippen molar-refractivity contribution < 1.29 is 14.3 Å². The molecule has 0 spiro atoms. The van der Waals surface area contributed by atoms with Crippen LogP contribution in [0.5, 0.6) is 11.5 Å². The molecule has 1 N–H and O–H groups in total. The lowest BCUT2D eigenvalue weighted by Gasteiger charge is -2.35. The topological polar surface area (TPSA) is 81.5 Å². The van der Waals surface area contributed by atoms with Crippen LogP contribution in [-0.4, -0.2) is 51.9 Å². The smallest absolute Gasteiger partial charge is 0.238 e. The number of halogens is 1. The van der Waals surface area contributed by atoms with Crippen LogP contribution in [0.15, 0.2) is 43.0 Å². The van der Waals surface area contributed by atoms with Gasteiger partial charge in [-0.2, -0.15) is 5.10 Å². The van der Waals surface area contributed by atoms with Crippen molar-refractivity contribution in [3.05, 3.63) is 59.1 Å². The molecule has 1 aromatic heterocycles. The minimum atomic E-state index is -0.113. The number of nitrogens with one attached hydrogen (secondary N) is 1. The van der Waals surface area contributed by atoms with Gasteiger partial charge in [0.1, 0.15) is 12.7 Å². The second-order valence-corrected chi connectivity index (χ2v) is 8.43. The Morgan fingerprint density at radius 1 is 1.22 bits per heavy atom. The molecule has 166 valence electrons. The van der Waals surface area contributed by atoms with Gasteiger partial charge in [-0.05, 0) is 54.8 Å². The summed E-state index contributed by atoms with van der Waals surface area (Å²) in [6.07, 6.45) is 4.76. The zero-order valence-corrected chi connectivity index (χ0v) is 18.5. The normalized spacial score (nSPS) is 18.0. The van der Waals surface area contributed by atoms with Gasteiger partial charge in [-0.1, -0.05) is 11.6 Å². The zero-order chi connectivity index (χ0) is 22.1. The first-order valence-electron chi connectivity index (χ1n) is 10.7. The van der Waals surface area contributed by atoms with E-state index in [1.807, 2.05) is 0 Å². The van der Waals surface area contributed by atoms with Crippen molar-refractivity contribution >= 4 is 23.2 Å². The Bertz CT molecular complexity index is 1130. The van der Waals surface area contributed by atoms with Gasteiger partial charge in [-0.15, -0.1) is 0 Å². The second-order valence-electron chi connectivity index (χ2n) is 7.99. The van der Waals surface area contributed by atoms with E-state index in [2.05, 4.69) is 39.4 Å². The van der Waals surface area contributed by atoms with Crippen molar-refractivity contribution in [1.29, 1.82) is 0 Å². The van der Waals surface area contributed by atoms with E-state index in [-0.39, 0.29) is 18.5 Å². The monoisotopic (exact) mass is 453 g/mol. The molecule has 2 aliphatic heterocycles. The number of aromatic nitrogens is 3. The molecule has 32 heavy (non-hydrogen) atoms. The molecule has 2 aromatic carbocycles. The molecule has 8 nitrogen and oxygen atoms in total. The van der Waals surface area contributed by atoms with Crippen LogP contribution in [-0.2, 0) is 11.2 Å². The van der Waals surface area contributed by atoms with Crippen molar-refractivity contribution in [2.45, 2.75) is 25.8 Å². The third kappa shape index (κ3) is 4.16. The number of nitrogens with zero attached hydrogens (tertiary/aromatic N) is 4. The van der Waals surface area contributed by atoms with E-state index < -0.39 is 0 Å². The Hall–Kier alpha value is -3.10. The molecule has 2 aliphatic rings. The van der Waals surface area contributed by atoms with E-state index in [0.717, 1.165) is 30.9 Å². The van der Waals surface area contributed by atoms with E-state index in [1.54, 1.807) is 29.2 Å². The number of amides is 1. The molecule has 0 unspecified atom stereocenters. The minimum absolute atomic E-state index is 0.0794. The molecule has 0 saturated heterocycles. The SMILES string of the molecule is C[C@H]1c2cc3c(cc2CCN1CC(=O)Nc1cc(Cl)ccc1-n1cncn1)OCCCO3. The van der Waals surface area contributed by atoms with Crippen LogP contribution in [0.25, 0.3) is 5.69 Å². The van der Waals surface area contributed by atoms with Crippen molar-refractivity contribution in [3.63, 3.8) is 0 Å². The summed E-state index contributed by atoms with van der Waals surface area (Å²) >= 11 is 6.17. The Kier molecular flexibility index (Phi) is 5.71. The average Bonchev–Trinajstić information content (AvgIpc) is 3.21. The van der Waals surface area contributed by atoms with Crippen LogP contribution in [0.4, 0.5) is 5.69 Å². The summed E-state index contributed by atoms with van der Waals surface area (Å²) in [6.45, 7) is 4.49. The van der Waals surface area contributed by atoms with Crippen LogP contribution >= 0.6 is 11.6 Å². The van der Waals surface area contributed by atoms with Gasteiger partial charge in [0.15, 0.2) is 11.5 Å². The van der Waals surface area contributed by atoms with Gasteiger partial charge in [0.25, 0.3) is 0 Å². The number of hydrogen-bond acceptors (Lipinski definition) is 6. The molecule has 3 heterocycles. The van der Waals surface area contributed by atoms with Crippen LogP contribution in [0, 0.1) is 0 Å². The number of carbonyl (C=O) groups is 1. The maximum atomic E-state index is 13.0. The Labute approximate surface area is 191 Å². The highest BCUT2D eigenvalue weighted by Crippen LogP contribution is 2.39. The molecule has 1 atom stereocenters. The number of carbonyl (C=O) groups excluding carboxylic acids is 1. The third-order valence-electron chi connectivity index (χ3n) is 5.92. The molecule has 0 saturated carbocycles. The first-order chi connectivity index (χ1) is 15.6. The fraction of sp³-hybridized carbons (Fsp3) is 0.348. The molecular weight excluding hydrogens is 430 g/mol. The Morgan fingerprint density at radius 2 is 2.03 bits per heavy atom.